The second-order valence-electron chi connectivity index (χ2n) is 4.83. The van der Waals surface area contributed by atoms with Crippen LogP contribution in [-0.2, 0) is 6.42 Å². The SMILES string of the molecule is CC(C)n1ncc(Cl)c1C(O)CCc1ccncc1. The highest BCUT2D eigenvalue weighted by Crippen LogP contribution is 2.28. The maximum absolute atomic E-state index is 10.3. The highest BCUT2D eigenvalue weighted by molar-refractivity contribution is 6.31. The lowest BCUT2D eigenvalue weighted by molar-refractivity contribution is 0.154. The number of aryl methyl sites for hydroxylation is 1. The van der Waals surface area contributed by atoms with Gasteiger partial charge in [-0.3, -0.25) is 9.67 Å². The average Bonchev–Trinajstić information content (AvgIpc) is 2.79. The first-order valence-electron chi connectivity index (χ1n) is 6.39. The molecule has 102 valence electrons. The van der Waals surface area contributed by atoms with E-state index < -0.39 is 6.10 Å². The van der Waals surface area contributed by atoms with Crippen molar-refractivity contribution < 1.29 is 5.11 Å². The molecule has 0 fully saturated rings. The van der Waals surface area contributed by atoms with Crippen molar-refractivity contribution in [1.82, 2.24) is 14.8 Å². The third kappa shape index (κ3) is 3.33. The van der Waals surface area contributed by atoms with Gasteiger partial charge in [0.15, 0.2) is 0 Å². The fourth-order valence-electron chi connectivity index (χ4n) is 2.06. The van der Waals surface area contributed by atoms with Crippen LogP contribution < -0.4 is 0 Å². The Morgan fingerprint density at radius 3 is 2.63 bits per heavy atom. The number of aliphatic hydroxyl groups excluding tert-OH is 1. The number of nitrogens with zero attached hydrogens (tertiary/aromatic N) is 3. The molecule has 1 atom stereocenters. The van der Waals surface area contributed by atoms with Gasteiger partial charge >= 0.3 is 0 Å². The van der Waals surface area contributed by atoms with E-state index in [-0.39, 0.29) is 6.04 Å². The van der Waals surface area contributed by atoms with Crippen LogP contribution in [0.3, 0.4) is 0 Å². The second kappa shape index (κ2) is 6.17. The third-order valence-electron chi connectivity index (χ3n) is 3.05. The molecule has 2 rings (SSSR count). The molecule has 2 aromatic heterocycles. The molecule has 0 bridgehead atoms. The zero-order valence-corrected chi connectivity index (χ0v) is 11.9. The van der Waals surface area contributed by atoms with Gasteiger partial charge in [-0.25, -0.2) is 0 Å². The summed E-state index contributed by atoms with van der Waals surface area (Å²) >= 11 is 6.11. The molecule has 0 spiro atoms. The normalized spacial score (nSPS) is 12.9. The van der Waals surface area contributed by atoms with Crippen molar-refractivity contribution in [2.75, 3.05) is 0 Å². The number of aliphatic hydroxyl groups is 1. The van der Waals surface area contributed by atoms with Crippen LogP contribution in [0.25, 0.3) is 0 Å². The van der Waals surface area contributed by atoms with E-state index in [2.05, 4.69) is 10.1 Å². The van der Waals surface area contributed by atoms with E-state index >= 15 is 0 Å². The van der Waals surface area contributed by atoms with E-state index in [1.807, 2.05) is 26.0 Å². The van der Waals surface area contributed by atoms with Crippen LogP contribution in [0.1, 0.15) is 43.7 Å². The Kier molecular flexibility index (Phi) is 4.56. The zero-order chi connectivity index (χ0) is 13.8. The summed E-state index contributed by atoms with van der Waals surface area (Å²) in [5, 5.41) is 15.1. The van der Waals surface area contributed by atoms with Gasteiger partial charge in [0.1, 0.15) is 0 Å². The summed E-state index contributed by atoms with van der Waals surface area (Å²) in [5.41, 5.74) is 1.85. The molecule has 0 amide bonds. The number of hydrogen-bond donors (Lipinski definition) is 1. The first-order valence-corrected chi connectivity index (χ1v) is 6.77. The zero-order valence-electron chi connectivity index (χ0n) is 11.1. The van der Waals surface area contributed by atoms with Crippen LogP contribution in [-0.4, -0.2) is 19.9 Å². The number of rotatable bonds is 5. The smallest absolute Gasteiger partial charge is 0.0975 e. The monoisotopic (exact) mass is 279 g/mol. The van der Waals surface area contributed by atoms with Crippen molar-refractivity contribution >= 4 is 11.6 Å². The first-order chi connectivity index (χ1) is 9.09. The largest absolute Gasteiger partial charge is 0.387 e. The lowest BCUT2D eigenvalue weighted by Crippen LogP contribution is -2.12. The Bertz CT molecular complexity index is 525. The molecule has 2 heterocycles. The average molecular weight is 280 g/mol. The van der Waals surface area contributed by atoms with Gasteiger partial charge in [-0.2, -0.15) is 5.10 Å². The third-order valence-corrected chi connectivity index (χ3v) is 3.34. The van der Waals surface area contributed by atoms with E-state index in [4.69, 9.17) is 11.6 Å². The molecule has 2 aromatic rings. The summed E-state index contributed by atoms with van der Waals surface area (Å²) in [7, 11) is 0. The second-order valence-corrected chi connectivity index (χ2v) is 5.23. The molecule has 0 saturated carbocycles. The maximum Gasteiger partial charge on any atom is 0.0975 e. The van der Waals surface area contributed by atoms with Gasteiger partial charge in [-0.1, -0.05) is 11.6 Å². The minimum Gasteiger partial charge on any atom is -0.387 e. The van der Waals surface area contributed by atoms with Gasteiger partial charge in [0, 0.05) is 18.4 Å². The van der Waals surface area contributed by atoms with Gasteiger partial charge in [-0.05, 0) is 44.4 Å². The number of hydrogen-bond acceptors (Lipinski definition) is 3. The van der Waals surface area contributed by atoms with Crippen LogP contribution in [0.2, 0.25) is 5.02 Å². The molecule has 5 heteroatoms. The molecule has 0 saturated heterocycles. The topological polar surface area (TPSA) is 50.9 Å². The molecule has 0 radical (unpaired) electrons. The van der Waals surface area contributed by atoms with Gasteiger partial charge in [-0.15, -0.1) is 0 Å². The summed E-state index contributed by atoms with van der Waals surface area (Å²) in [4.78, 5) is 3.98. The van der Waals surface area contributed by atoms with Crippen molar-refractivity contribution in [1.29, 1.82) is 0 Å². The quantitative estimate of drug-likeness (QED) is 0.914. The van der Waals surface area contributed by atoms with Crippen molar-refractivity contribution in [3.63, 3.8) is 0 Å². The number of aromatic nitrogens is 3. The van der Waals surface area contributed by atoms with Crippen LogP contribution in [0, 0.1) is 0 Å². The minimum absolute atomic E-state index is 0.179. The predicted octanol–water partition coefficient (Wildman–Crippen LogP) is 3.18. The van der Waals surface area contributed by atoms with Crippen LogP contribution in [0.15, 0.2) is 30.7 Å². The molecule has 0 aromatic carbocycles. The van der Waals surface area contributed by atoms with Gasteiger partial charge in [0.2, 0.25) is 0 Å². The summed E-state index contributed by atoms with van der Waals surface area (Å²) < 4.78 is 1.78. The Morgan fingerprint density at radius 1 is 1.32 bits per heavy atom. The fourth-order valence-corrected chi connectivity index (χ4v) is 2.32. The van der Waals surface area contributed by atoms with E-state index in [0.29, 0.717) is 17.1 Å². The molecule has 0 aliphatic carbocycles. The van der Waals surface area contributed by atoms with Crippen molar-refractivity contribution in [2.45, 2.75) is 38.8 Å². The molecular weight excluding hydrogens is 262 g/mol. The highest BCUT2D eigenvalue weighted by atomic mass is 35.5. The van der Waals surface area contributed by atoms with E-state index in [0.717, 1.165) is 12.0 Å². The predicted molar refractivity (Wildman–Crippen MR) is 75.1 cm³/mol. The molecule has 4 nitrogen and oxygen atoms in total. The molecule has 19 heavy (non-hydrogen) atoms. The van der Waals surface area contributed by atoms with Gasteiger partial charge in [0.05, 0.1) is 23.0 Å². The Morgan fingerprint density at radius 2 is 2.00 bits per heavy atom. The van der Waals surface area contributed by atoms with Gasteiger partial charge < -0.3 is 5.11 Å². The van der Waals surface area contributed by atoms with Gasteiger partial charge in [0.25, 0.3) is 0 Å². The van der Waals surface area contributed by atoms with Crippen LogP contribution >= 0.6 is 11.6 Å². The first kappa shape index (κ1) is 14.0. The Hall–Kier alpha value is -1.39. The van der Waals surface area contributed by atoms with Crippen molar-refractivity contribution in [2.24, 2.45) is 0 Å². The molecule has 1 N–H and O–H groups in total. The van der Waals surface area contributed by atoms with Crippen LogP contribution in [0.4, 0.5) is 0 Å². The van der Waals surface area contributed by atoms with Crippen molar-refractivity contribution in [3.8, 4) is 0 Å². The molecule has 0 aliphatic heterocycles. The highest BCUT2D eigenvalue weighted by Gasteiger charge is 2.19. The summed E-state index contributed by atoms with van der Waals surface area (Å²) in [6.07, 6.45) is 5.89. The van der Waals surface area contributed by atoms with Crippen molar-refractivity contribution in [3.05, 3.63) is 47.0 Å². The lowest BCUT2D eigenvalue weighted by atomic mass is 10.1. The Labute approximate surface area is 118 Å². The fraction of sp³-hybridized carbons (Fsp3) is 0.429. The summed E-state index contributed by atoms with van der Waals surface area (Å²) in [5.74, 6) is 0. The van der Waals surface area contributed by atoms with Crippen LogP contribution in [0.5, 0.6) is 0 Å². The van der Waals surface area contributed by atoms with E-state index in [9.17, 15) is 5.11 Å². The molecule has 0 aliphatic rings. The summed E-state index contributed by atoms with van der Waals surface area (Å²) in [6, 6.07) is 4.08. The lowest BCUT2D eigenvalue weighted by Gasteiger charge is -2.16. The number of halogens is 1. The van der Waals surface area contributed by atoms with E-state index in [1.165, 1.54) is 0 Å². The Balaban J connectivity index is 2.08. The summed E-state index contributed by atoms with van der Waals surface area (Å²) in [6.45, 7) is 4.03. The maximum atomic E-state index is 10.3. The molecular formula is C14H18ClN3O. The van der Waals surface area contributed by atoms with E-state index in [1.54, 1.807) is 23.3 Å². The minimum atomic E-state index is -0.606. The molecule has 1 unspecified atom stereocenters. The standard InChI is InChI=1S/C14H18ClN3O/c1-10(2)18-14(12(15)9-17-18)13(19)4-3-11-5-7-16-8-6-11/h5-10,13,19H,3-4H2,1-2H3. The number of pyridine rings is 1.